The summed E-state index contributed by atoms with van der Waals surface area (Å²) in [5, 5.41) is 11.5. The van der Waals surface area contributed by atoms with E-state index in [1.54, 1.807) is 0 Å². The van der Waals surface area contributed by atoms with E-state index < -0.39 is 0 Å². The molecule has 2 heterocycles. The zero-order valence-corrected chi connectivity index (χ0v) is 19.6. The van der Waals surface area contributed by atoms with Gasteiger partial charge in [-0.3, -0.25) is 0 Å². The third kappa shape index (κ3) is 3.39. The highest BCUT2D eigenvalue weighted by atomic mass is 16.3. The SMILES string of the molecule is Cc1ccc2c(oc3c(-c4ccc(C#N)cc4)c(-c4ccccc4)ccc32)c1-c1cccc[n+]1C. The summed E-state index contributed by atoms with van der Waals surface area (Å²) in [6.45, 7) is 2.13. The molecule has 3 nitrogen and oxygen atoms in total. The van der Waals surface area contributed by atoms with Crippen molar-refractivity contribution >= 4 is 21.9 Å². The van der Waals surface area contributed by atoms with E-state index in [2.05, 4.69) is 91.5 Å². The van der Waals surface area contributed by atoms with E-state index in [1.807, 2.05) is 36.4 Å². The van der Waals surface area contributed by atoms with Crippen LogP contribution in [0.2, 0.25) is 0 Å². The van der Waals surface area contributed by atoms with Gasteiger partial charge in [-0.2, -0.15) is 5.26 Å². The van der Waals surface area contributed by atoms with Crippen molar-refractivity contribution in [3.63, 3.8) is 0 Å². The summed E-state index contributed by atoms with van der Waals surface area (Å²) < 4.78 is 8.93. The van der Waals surface area contributed by atoms with Gasteiger partial charge in [0.05, 0.1) is 17.2 Å². The van der Waals surface area contributed by atoms with Crippen LogP contribution < -0.4 is 4.57 Å². The van der Waals surface area contributed by atoms with Gasteiger partial charge in [0.1, 0.15) is 18.2 Å². The van der Waals surface area contributed by atoms with Crippen molar-refractivity contribution in [3.05, 3.63) is 114 Å². The normalized spacial score (nSPS) is 11.1. The van der Waals surface area contributed by atoms with Crippen LogP contribution in [0.25, 0.3) is 55.4 Å². The summed E-state index contributed by atoms with van der Waals surface area (Å²) in [6.07, 6.45) is 2.06. The molecule has 166 valence electrons. The zero-order valence-electron chi connectivity index (χ0n) is 19.6. The van der Waals surface area contributed by atoms with E-state index >= 15 is 0 Å². The Kier molecular flexibility index (Phi) is 4.94. The molecular weight excluding hydrogens is 428 g/mol. The quantitative estimate of drug-likeness (QED) is 0.260. The Hall–Kier alpha value is -4.68. The molecule has 3 heteroatoms. The molecule has 0 aliphatic heterocycles. The lowest BCUT2D eigenvalue weighted by Crippen LogP contribution is -2.30. The molecule has 6 rings (SSSR count). The van der Waals surface area contributed by atoms with Crippen LogP contribution in [0.15, 0.2) is 108 Å². The van der Waals surface area contributed by atoms with Crippen molar-refractivity contribution in [2.75, 3.05) is 0 Å². The molecule has 0 N–H and O–H groups in total. The van der Waals surface area contributed by atoms with Gasteiger partial charge in [-0.05, 0) is 53.4 Å². The Morgan fingerprint density at radius 3 is 2.09 bits per heavy atom. The van der Waals surface area contributed by atoms with Gasteiger partial charge in [-0.1, -0.05) is 60.7 Å². The average Bonchev–Trinajstić information content (AvgIpc) is 3.28. The van der Waals surface area contributed by atoms with Gasteiger partial charge in [0.2, 0.25) is 5.69 Å². The van der Waals surface area contributed by atoms with Gasteiger partial charge in [-0.15, -0.1) is 0 Å². The minimum atomic E-state index is 0.640. The van der Waals surface area contributed by atoms with Crippen LogP contribution in [0.5, 0.6) is 0 Å². The topological polar surface area (TPSA) is 40.8 Å². The van der Waals surface area contributed by atoms with Crippen LogP contribution >= 0.6 is 0 Å². The highest BCUT2D eigenvalue weighted by Crippen LogP contribution is 2.44. The first kappa shape index (κ1) is 20.9. The number of pyridine rings is 1. The van der Waals surface area contributed by atoms with Crippen LogP contribution in [0, 0.1) is 18.3 Å². The minimum absolute atomic E-state index is 0.640. The summed E-state index contributed by atoms with van der Waals surface area (Å²) >= 11 is 0. The number of rotatable bonds is 3. The predicted molar refractivity (Wildman–Crippen MR) is 141 cm³/mol. The number of benzene rings is 4. The van der Waals surface area contributed by atoms with Gasteiger partial charge in [-0.25, -0.2) is 4.57 Å². The second-order valence-electron chi connectivity index (χ2n) is 8.85. The summed E-state index contributed by atoms with van der Waals surface area (Å²) in [5.41, 5.74) is 10.1. The van der Waals surface area contributed by atoms with Crippen LogP contribution in [-0.2, 0) is 7.05 Å². The third-order valence-electron chi connectivity index (χ3n) is 6.72. The fourth-order valence-corrected chi connectivity index (χ4v) is 4.96. The molecule has 0 aliphatic rings. The number of furan rings is 1. The molecule has 2 aromatic heterocycles. The molecule has 35 heavy (non-hydrogen) atoms. The highest BCUT2D eigenvalue weighted by Gasteiger charge is 2.23. The third-order valence-corrected chi connectivity index (χ3v) is 6.72. The molecule has 0 radical (unpaired) electrons. The summed E-state index contributed by atoms with van der Waals surface area (Å²) in [4.78, 5) is 0. The molecule has 4 aromatic carbocycles. The van der Waals surface area contributed by atoms with E-state index in [9.17, 15) is 5.26 Å². The number of hydrogen-bond donors (Lipinski definition) is 0. The molecule has 0 bridgehead atoms. The van der Waals surface area contributed by atoms with Gasteiger partial charge < -0.3 is 4.42 Å². The van der Waals surface area contributed by atoms with Crippen LogP contribution in [0.1, 0.15) is 11.1 Å². The second-order valence-corrected chi connectivity index (χ2v) is 8.85. The Bertz CT molecular complexity index is 1750. The summed E-state index contributed by atoms with van der Waals surface area (Å²) in [6, 6.07) is 35.3. The standard InChI is InChI=1S/C32H23N2O/c1-21-11-16-26-27-18-17-25(23-8-4-3-5-9-23)30(24-14-12-22(20-33)13-15-24)32(27)35-31(26)29(21)28-10-6-7-19-34(28)2/h3-19H,1-2H3/q+1. The van der Waals surface area contributed by atoms with Crippen molar-refractivity contribution in [1.29, 1.82) is 5.26 Å². The largest absolute Gasteiger partial charge is 0.454 e. The Balaban J connectivity index is 1.73. The lowest BCUT2D eigenvalue weighted by molar-refractivity contribution is -0.660. The molecule has 6 aromatic rings. The fraction of sp³-hybridized carbons (Fsp3) is 0.0625. The minimum Gasteiger partial charge on any atom is -0.454 e. The van der Waals surface area contributed by atoms with E-state index in [0.29, 0.717) is 5.56 Å². The maximum absolute atomic E-state index is 9.32. The van der Waals surface area contributed by atoms with Gasteiger partial charge >= 0.3 is 0 Å². The molecule has 0 saturated carbocycles. The number of nitrogens with zero attached hydrogens (tertiary/aromatic N) is 2. The average molecular weight is 452 g/mol. The maximum atomic E-state index is 9.32. The second kappa shape index (κ2) is 8.27. The molecular formula is C32H23N2O+. The Morgan fingerprint density at radius 1 is 0.686 bits per heavy atom. The summed E-state index contributed by atoms with van der Waals surface area (Å²) in [7, 11) is 2.06. The van der Waals surface area contributed by atoms with Crippen LogP contribution in [0.3, 0.4) is 0 Å². The molecule has 0 saturated heterocycles. The van der Waals surface area contributed by atoms with E-state index in [4.69, 9.17) is 4.42 Å². The van der Waals surface area contributed by atoms with Gasteiger partial charge in [0.15, 0.2) is 6.20 Å². The van der Waals surface area contributed by atoms with Crippen molar-refractivity contribution in [2.24, 2.45) is 7.05 Å². The number of aromatic nitrogens is 1. The van der Waals surface area contributed by atoms with E-state index in [-0.39, 0.29) is 0 Å². The van der Waals surface area contributed by atoms with Crippen molar-refractivity contribution in [3.8, 4) is 39.6 Å². The Morgan fingerprint density at radius 2 is 1.37 bits per heavy atom. The number of fused-ring (bicyclic) bond motifs is 3. The predicted octanol–water partition coefficient (Wildman–Crippen LogP) is 7.59. The first-order valence-electron chi connectivity index (χ1n) is 11.7. The summed E-state index contributed by atoms with van der Waals surface area (Å²) in [5.74, 6) is 0. The fourth-order valence-electron chi connectivity index (χ4n) is 4.96. The number of hydrogen-bond acceptors (Lipinski definition) is 2. The smallest absolute Gasteiger partial charge is 0.216 e. The molecule has 0 atom stereocenters. The van der Waals surface area contributed by atoms with E-state index in [0.717, 1.165) is 55.4 Å². The number of nitriles is 1. The van der Waals surface area contributed by atoms with E-state index in [1.165, 1.54) is 5.56 Å². The Labute approximate surface area is 204 Å². The first-order chi connectivity index (χ1) is 17.2. The number of aryl methyl sites for hydroxylation is 2. The molecule has 0 aliphatic carbocycles. The molecule has 0 unspecified atom stereocenters. The van der Waals surface area contributed by atoms with Gasteiger partial charge in [0.25, 0.3) is 0 Å². The van der Waals surface area contributed by atoms with Crippen LogP contribution in [0.4, 0.5) is 0 Å². The molecule has 0 spiro atoms. The lowest BCUT2D eigenvalue weighted by atomic mass is 9.92. The van der Waals surface area contributed by atoms with Gasteiger partial charge in [0, 0.05) is 28.5 Å². The lowest BCUT2D eigenvalue weighted by Gasteiger charge is -2.11. The highest BCUT2D eigenvalue weighted by molar-refractivity contribution is 6.15. The van der Waals surface area contributed by atoms with Crippen molar-refractivity contribution in [2.45, 2.75) is 6.92 Å². The molecule has 0 fully saturated rings. The first-order valence-corrected chi connectivity index (χ1v) is 11.7. The monoisotopic (exact) mass is 451 g/mol. The maximum Gasteiger partial charge on any atom is 0.216 e. The molecule has 0 amide bonds. The van der Waals surface area contributed by atoms with Crippen LogP contribution in [-0.4, -0.2) is 0 Å². The van der Waals surface area contributed by atoms with Crippen molar-refractivity contribution < 1.29 is 8.98 Å². The zero-order chi connectivity index (χ0) is 23.9. The van der Waals surface area contributed by atoms with Crippen molar-refractivity contribution in [1.82, 2.24) is 0 Å².